The predicted molar refractivity (Wildman–Crippen MR) is 167 cm³/mol. The molecule has 0 aliphatic carbocycles. The minimum atomic E-state index is -1.15. The summed E-state index contributed by atoms with van der Waals surface area (Å²) in [6.45, 7) is 7.27. The van der Waals surface area contributed by atoms with Gasteiger partial charge in [0, 0.05) is 44.8 Å². The maximum absolute atomic E-state index is 15.8. The molecule has 1 aliphatic heterocycles. The maximum Gasteiger partial charge on any atom is 0.146 e. The molecule has 1 fully saturated rings. The summed E-state index contributed by atoms with van der Waals surface area (Å²) >= 11 is 0. The van der Waals surface area contributed by atoms with Gasteiger partial charge in [-0.1, -0.05) is 35.5 Å². The monoisotopic (exact) mass is 593 g/mol. The molecule has 9 nitrogen and oxygen atoms in total. The average Bonchev–Trinajstić information content (AvgIpc) is 3.65. The Hall–Kier alpha value is -4.41. The fourth-order valence-electron chi connectivity index (χ4n) is 6.84. The third-order valence-electron chi connectivity index (χ3n) is 8.82. The highest BCUT2D eigenvalue weighted by molar-refractivity contribution is 6.06. The summed E-state index contributed by atoms with van der Waals surface area (Å²) in [5.74, 6) is -0.278. The summed E-state index contributed by atoms with van der Waals surface area (Å²) in [6, 6.07) is 17.0. The fourth-order valence-corrected chi connectivity index (χ4v) is 6.84. The Bertz CT molecular complexity index is 1940. The van der Waals surface area contributed by atoms with Crippen molar-refractivity contribution in [2.45, 2.75) is 51.8 Å². The number of benzene rings is 1. The summed E-state index contributed by atoms with van der Waals surface area (Å²) in [4.78, 5) is 9.71. The number of hydrogen-bond acceptors (Lipinski definition) is 6. The van der Waals surface area contributed by atoms with E-state index in [4.69, 9.17) is 9.72 Å². The number of pyridine rings is 2. The van der Waals surface area contributed by atoms with Gasteiger partial charge >= 0.3 is 0 Å². The first kappa shape index (κ1) is 28.4. The molecule has 1 N–H and O–H groups in total. The second kappa shape index (κ2) is 10.9. The van der Waals surface area contributed by atoms with Gasteiger partial charge in [-0.05, 0) is 69.4 Å². The molecule has 0 amide bonds. The lowest BCUT2D eigenvalue weighted by Crippen LogP contribution is -2.28. The van der Waals surface area contributed by atoms with E-state index in [2.05, 4.69) is 42.6 Å². The SMILES string of the molecule is Cc1nnn(C)c1-c1cnc2c3c(cc(C(C)(C)O)n3Cc3ccccc3)n(C(c3ncccc3F)C3CCOCC3)c2c1. The number of ether oxygens (including phenoxy) is 1. The zero-order chi connectivity index (χ0) is 30.6. The lowest BCUT2D eigenvalue weighted by atomic mass is 9.88. The Morgan fingerprint density at radius 3 is 2.50 bits per heavy atom. The highest BCUT2D eigenvalue weighted by Crippen LogP contribution is 2.43. The van der Waals surface area contributed by atoms with E-state index in [0.717, 1.165) is 63.1 Å². The highest BCUT2D eigenvalue weighted by Gasteiger charge is 2.35. The molecule has 0 saturated carbocycles. The first-order valence-corrected chi connectivity index (χ1v) is 15.1. The van der Waals surface area contributed by atoms with Crippen LogP contribution in [-0.4, -0.2) is 52.4 Å². The van der Waals surface area contributed by atoms with Crippen molar-refractivity contribution in [2.24, 2.45) is 13.0 Å². The topological polar surface area (TPSA) is 95.8 Å². The largest absolute Gasteiger partial charge is 0.384 e. The van der Waals surface area contributed by atoms with Crippen LogP contribution in [-0.2, 0) is 23.9 Å². The Labute approximate surface area is 254 Å². The minimum absolute atomic E-state index is 0.0683. The zero-order valence-corrected chi connectivity index (χ0v) is 25.4. The third kappa shape index (κ3) is 4.78. The first-order chi connectivity index (χ1) is 21.2. The van der Waals surface area contributed by atoms with Crippen LogP contribution < -0.4 is 0 Å². The van der Waals surface area contributed by atoms with Gasteiger partial charge in [0.15, 0.2) is 0 Å². The molecule has 0 bridgehead atoms. The highest BCUT2D eigenvalue weighted by atomic mass is 19.1. The quantitative estimate of drug-likeness (QED) is 0.247. The van der Waals surface area contributed by atoms with Crippen molar-refractivity contribution in [1.29, 1.82) is 0 Å². The summed E-state index contributed by atoms with van der Waals surface area (Å²) < 4.78 is 27.6. The number of aliphatic hydroxyl groups is 1. The van der Waals surface area contributed by atoms with Gasteiger partial charge < -0.3 is 19.0 Å². The normalized spacial score (nSPS) is 15.4. The molecule has 7 rings (SSSR count). The van der Waals surface area contributed by atoms with Crippen molar-refractivity contribution >= 4 is 22.1 Å². The van der Waals surface area contributed by atoms with Crippen LogP contribution >= 0.6 is 0 Å². The van der Waals surface area contributed by atoms with E-state index in [0.29, 0.717) is 25.5 Å². The van der Waals surface area contributed by atoms with Crippen molar-refractivity contribution in [3.8, 4) is 11.3 Å². The van der Waals surface area contributed by atoms with Gasteiger partial charge in [-0.2, -0.15) is 0 Å². The smallest absolute Gasteiger partial charge is 0.146 e. The standard InChI is InChI=1S/C34H36FN7O2/c1-21-31(40(4)39-38-21)24-17-26-30(37-19-24)33-27(18-28(34(2,3)43)41(33)20-22-9-6-5-7-10-22)42(26)32(23-12-15-44-16-13-23)29-25(35)11-8-14-36-29/h5-11,14,17-19,23,32,43H,12-13,15-16,20H2,1-4H3. The Kier molecular flexibility index (Phi) is 7.05. The van der Waals surface area contributed by atoms with Gasteiger partial charge in [-0.25, -0.2) is 9.07 Å². The second-order valence-corrected chi connectivity index (χ2v) is 12.3. The predicted octanol–water partition coefficient (Wildman–Crippen LogP) is 5.92. The molecule has 5 aromatic heterocycles. The van der Waals surface area contributed by atoms with Gasteiger partial charge in [0.1, 0.15) is 11.3 Å². The van der Waals surface area contributed by atoms with E-state index in [1.807, 2.05) is 44.4 Å². The maximum atomic E-state index is 15.8. The van der Waals surface area contributed by atoms with Crippen LogP contribution in [0.25, 0.3) is 33.3 Å². The molecule has 1 unspecified atom stereocenters. The Morgan fingerprint density at radius 1 is 1.05 bits per heavy atom. The number of halogens is 1. The van der Waals surface area contributed by atoms with Gasteiger partial charge in [-0.3, -0.25) is 9.97 Å². The van der Waals surface area contributed by atoms with E-state index < -0.39 is 11.6 Å². The van der Waals surface area contributed by atoms with Crippen LogP contribution in [0.2, 0.25) is 0 Å². The number of nitrogens with zero attached hydrogens (tertiary/aromatic N) is 7. The molecule has 0 radical (unpaired) electrons. The van der Waals surface area contributed by atoms with Crippen LogP contribution in [0, 0.1) is 18.7 Å². The van der Waals surface area contributed by atoms with E-state index in [-0.39, 0.29) is 11.7 Å². The van der Waals surface area contributed by atoms with Crippen LogP contribution in [0.1, 0.15) is 55.4 Å². The number of rotatable bonds is 7. The molecule has 6 aromatic rings. The van der Waals surface area contributed by atoms with Gasteiger partial charge in [0.05, 0.1) is 51.0 Å². The Balaban J connectivity index is 1.59. The van der Waals surface area contributed by atoms with Gasteiger partial charge in [0.2, 0.25) is 0 Å². The molecule has 6 heterocycles. The zero-order valence-electron chi connectivity index (χ0n) is 25.4. The van der Waals surface area contributed by atoms with E-state index >= 15 is 4.39 Å². The summed E-state index contributed by atoms with van der Waals surface area (Å²) in [5, 5.41) is 19.9. The van der Waals surface area contributed by atoms with E-state index in [9.17, 15) is 5.11 Å². The van der Waals surface area contributed by atoms with Crippen LogP contribution in [0.15, 0.2) is 67.0 Å². The molecule has 1 saturated heterocycles. The molecule has 1 aliphatic rings. The molecular formula is C34H36FN7O2. The molecule has 44 heavy (non-hydrogen) atoms. The van der Waals surface area contributed by atoms with Gasteiger partial charge in [0.25, 0.3) is 0 Å². The van der Waals surface area contributed by atoms with Crippen molar-refractivity contribution in [3.05, 3.63) is 95.5 Å². The summed E-state index contributed by atoms with van der Waals surface area (Å²) in [5.41, 5.74) is 7.03. The number of hydrogen-bond donors (Lipinski definition) is 1. The number of aromatic nitrogens is 7. The van der Waals surface area contributed by atoms with Crippen LogP contribution in [0.3, 0.4) is 0 Å². The van der Waals surface area contributed by atoms with Crippen molar-refractivity contribution < 1.29 is 14.2 Å². The van der Waals surface area contributed by atoms with Crippen LogP contribution in [0.5, 0.6) is 0 Å². The van der Waals surface area contributed by atoms with Crippen molar-refractivity contribution in [2.75, 3.05) is 13.2 Å². The second-order valence-electron chi connectivity index (χ2n) is 12.3. The summed E-state index contributed by atoms with van der Waals surface area (Å²) in [6.07, 6.45) is 5.04. The van der Waals surface area contributed by atoms with Gasteiger partial charge in [-0.15, -0.1) is 5.10 Å². The summed E-state index contributed by atoms with van der Waals surface area (Å²) in [7, 11) is 1.87. The molecule has 1 atom stereocenters. The molecule has 0 spiro atoms. The average molecular weight is 594 g/mol. The number of fused-ring (bicyclic) bond motifs is 3. The number of aryl methyl sites for hydroxylation is 2. The molecule has 1 aromatic carbocycles. The van der Waals surface area contributed by atoms with Crippen LogP contribution in [0.4, 0.5) is 4.39 Å². The first-order valence-electron chi connectivity index (χ1n) is 15.1. The third-order valence-corrected chi connectivity index (χ3v) is 8.82. The van der Waals surface area contributed by atoms with E-state index in [1.54, 1.807) is 30.8 Å². The van der Waals surface area contributed by atoms with E-state index in [1.165, 1.54) is 6.07 Å². The molecule has 226 valence electrons. The minimum Gasteiger partial charge on any atom is -0.384 e. The van der Waals surface area contributed by atoms with Crippen molar-refractivity contribution in [3.63, 3.8) is 0 Å². The molecule has 10 heteroatoms. The molecular weight excluding hydrogens is 557 g/mol. The fraction of sp³-hybridized carbons (Fsp3) is 0.353. The lowest BCUT2D eigenvalue weighted by molar-refractivity contribution is 0.0543. The lowest BCUT2D eigenvalue weighted by Gasteiger charge is -2.32. The van der Waals surface area contributed by atoms with Crippen molar-refractivity contribution in [1.82, 2.24) is 34.1 Å². The Morgan fingerprint density at radius 2 is 1.82 bits per heavy atom.